The molecule has 0 spiro atoms. The van der Waals surface area contributed by atoms with Crippen molar-refractivity contribution in [1.82, 2.24) is 24.5 Å². The van der Waals surface area contributed by atoms with Crippen LogP contribution in [0.25, 0.3) is 27.3 Å². The van der Waals surface area contributed by atoms with Crippen LogP contribution in [0.3, 0.4) is 0 Å². The lowest BCUT2D eigenvalue weighted by molar-refractivity contribution is 0.271. The van der Waals surface area contributed by atoms with Gasteiger partial charge in [-0.05, 0) is 49.2 Å². The topological polar surface area (TPSA) is 55.6 Å². The highest BCUT2D eigenvalue weighted by Gasteiger charge is 2.22. The monoisotopic (exact) mass is 393 g/mol. The molecule has 4 aromatic rings. The van der Waals surface area contributed by atoms with Crippen molar-refractivity contribution < 1.29 is 4.74 Å². The fourth-order valence-corrected chi connectivity index (χ4v) is 4.87. The number of hydrogen-bond acceptors (Lipinski definition) is 6. The van der Waals surface area contributed by atoms with Crippen molar-refractivity contribution in [3.8, 4) is 17.1 Å². The van der Waals surface area contributed by atoms with Crippen LogP contribution >= 0.6 is 11.3 Å². The number of fused-ring (bicyclic) bond motifs is 5. The molecule has 3 aromatic heterocycles. The van der Waals surface area contributed by atoms with Gasteiger partial charge in [-0.25, -0.2) is 14.5 Å². The third kappa shape index (κ3) is 3.04. The second kappa shape index (κ2) is 6.83. The lowest BCUT2D eigenvalue weighted by atomic mass is 10.1. The number of nitrogens with zero attached hydrogens (tertiary/aromatic N) is 5. The van der Waals surface area contributed by atoms with Crippen LogP contribution in [-0.4, -0.2) is 44.7 Å². The summed E-state index contributed by atoms with van der Waals surface area (Å²) in [5.41, 5.74) is 3.28. The van der Waals surface area contributed by atoms with Gasteiger partial charge in [-0.3, -0.25) is 0 Å². The fourth-order valence-electron chi connectivity index (χ4n) is 3.61. The van der Waals surface area contributed by atoms with E-state index >= 15 is 0 Å². The minimum absolute atomic E-state index is 0.506. The van der Waals surface area contributed by atoms with Gasteiger partial charge in [-0.1, -0.05) is 13.8 Å². The van der Waals surface area contributed by atoms with Crippen molar-refractivity contribution in [2.45, 2.75) is 26.8 Å². The zero-order valence-electron chi connectivity index (χ0n) is 16.3. The summed E-state index contributed by atoms with van der Waals surface area (Å²) in [4.78, 5) is 14.3. The van der Waals surface area contributed by atoms with Crippen LogP contribution in [0.2, 0.25) is 0 Å². The Kier molecular flexibility index (Phi) is 4.29. The summed E-state index contributed by atoms with van der Waals surface area (Å²) < 4.78 is 7.59. The molecule has 0 N–H and O–H groups in total. The Balaban J connectivity index is 1.54. The first-order valence-electron chi connectivity index (χ1n) is 9.66. The van der Waals surface area contributed by atoms with Gasteiger partial charge in [0.05, 0.1) is 12.0 Å². The summed E-state index contributed by atoms with van der Waals surface area (Å²) >= 11 is 1.78. The van der Waals surface area contributed by atoms with E-state index < -0.39 is 0 Å². The van der Waals surface area contributed by atoms with Crippen molar-refractivity contribution in [2.24, 2.45) is 5.92 Å². The molecule has 28 heavy (non-hydrogen) atoms. The Morgan fingerprint density at radius 3 is 2.82 bits per heavy atom. The number of hydrogen-bond donors (Lipinski definition) is 0. The summed E-state index contributed by atoms with van der Waals surface area (Å²) in [5, 5.41) is 5.85. The van der Waals surface area contributed by atoms with E-state index in [1.807, 2.05) is 28.8 Å². The molecule has 0 amide bonds. The van der Waals surface area contributed by atoms with Crippen LogP contribution < -0.4 is 4.74 Å². The minimum Gasteiger partial charge on any atom is -0.493 e. The third-order valence-corrected chi connectivity index (χ3v) is 6.19. The van der Waals surface area contributed by atoms with Gasteiger partial charge in [0, 0.05) is 23.5 Å². The van der Waals surface area contributed by atoms with Crippen molar-refractivity contribution >= 4 is 27.2 Å². The predicted molar refractivity (Wildman–Crippen MR) is 112 cm³/mol. The summed E-state index contributed by atoms with van der Waals surface area (Å²) in [7, 11) is 2.17. The normalized spacial score (nSPS) is 14.9. The van der Waals surface area contributed by atoms with Gasteiger partial charge < -0.3 is 9.64 Å². The highest BCUT2D eigenvalue weighted by Crippen LogP contribution is 2.36. The molecule has 5 rings (SSSR count). The van der Waals surface area contributed by atoms with E-state index in [0.717, 1.165) is 47.1 Å². The summed E-state index contributed by atoms with van der Waals surface area (Å²) in [6.07, 6.45) is 2.82. The lowest BCUT2D eigenvalue weighted by Gasteiger charge is -2.21. The van der Waals surface area contributed by atoms with Gasteiger partial charge in [0.15, 0.2) is 11.5 Å². The molecule has 0 aliphatic carbocycles. The molecule has 4 heterocycles. The smallest absolute Gasteiger partial charge is 0.182 e. The maximum atomic E-state index is 5.78. The van der Waals surface area contributed by atoms with E-state index in [-0.39, 0.29) is 0 Å². The molecule has 0 bridgehead atoms. The number of rotatable bonds is 4. The molecule has 6 nitrogen and oxygen atoms in total. The molecule has 1 aliphatic rings. The fraction of sp³-hybridized carbons (Fsp3) is 0.381. The molecular formula is C21H23N5OS. The van der Waals surface area contributed by atoms with Crippen LogP contribution in [-0.2, 0) is 13.0 Å². The minimum atomic E-state index is 0.506. The van der Waals surface area contributed by atoms with Crippen molar-refractivity contribution in [1.29, 1.82) is 0 Å². The molecule has 0 atom stereocenters. The largest absolute Gasteiger partial charge is 0.493 e. The maximum absolute atomic E-state index is 5.78. The molecule has 7 heteroatoms. The van der Waals surface area contributed by atoms with Crippen LogP contribution in [0.1, 0.15) is 24.3 Å². The zero-order valence-corrected chi connectivity index (χ0v) is 17.2. The predicted octanol–water partition coefficient (Wildman–Crippen LogP) is 4.03. The average Bonchev–Trinajstić information content (AvgIpc) is 3.27. The molecule has 0 saturated carbocycles. The first kappa shape index (κ1) is 17.6. The molecule has 0 saturated heterocycles. The standard InChI is InChI=1S/C21H23N5OS/c1-13(2)11-27-15-6-4-14(5-7-15)19-23-20-18-16-8-9-25(3)10-17(16)28-21(18)22-12-26(20)24-19/h4-7,12-13H,8-11H2,1-3H3. The number of likely N-dealkylation sites (N-methyl/N-ethyl adjacent to an activating group) is 1. The highest BCUT2D eigenvalue weighted by atomic mass is 32.1. The molecule has 0 unspecified atom stereocenters. The van der Waals surface area contributed by atoms with E-state index in [9.17, 15) is 0 Å². The first-order valence-corrected chi connectivity index (χ1v) is 10.5. The molecule has 1 aliphatic heterocycles. The number of ether oxygens (including phenoxy) is 1. The van der Waals surface area contributed by atoms with E-state index in [2.05, 4.69) is 35.9 Å². The first-order chi connectivity index (χ1) is 13.6. The van der Waals surface area contributed by atoms with Crippen LogP contribution in [0.15, 0.2) is 30.6 Å². The van der Waals surface area contributed by atoms with Gasteiger partial charge in [0.25, 0.3) is 0 Å². The second-order valence-corrected chi connectivity index (χ2v) is 8.93. The van der Waals surface area contributed by atoms with Gasteiger partial charge in [-0.15, -0.1) is 16.4 Å². The Hall–Kier alpha value is -2.51. The Morgan fingerprint density at radius 1 is 1.21 bits per heavy atom. The molecule has 0 radical (unpaired) electrons. The quantitative estimate of drug-likeness (QED) is 0.524. The van der Waals surface area contributed by atoms with Crippen LogP contribution in [0.5, 0.6) is 5.75 Å². The van der Waals surface area contributed by atoms with Crippen molar-refractivity contribution in [2.75, 3.05) is 20.2 Å². The van der Waals surface area contributed by atoms with Crippen molar-refractivity contribution in [3.05, 3.63) is 41.0 Å². The highest BCUT2D eigenvalue weighted by molar-refractivity contribution is 7.19. The van der Waals surface area contributed by atoms with E-state index in [1.54, 1.807) is 17.7 Å². The number of aromatic nitrogens is 4. The molecule has 0 fully saturated rings. The Labute approximate surface area is 167 Å². The summed E-state index contributed by atoms with van der Waals surface area (Å²) in [6.45, 7) is 7.06. The molecule has 144 valence electrons. The summed E-state index contributed by atoms with van der Waals surface area (Å²) in [5.74, 6) is 2.10. The maximum Gasteiger partial charge on any atom is 0.182 e. The van der Waals surface area contributed by atoms with E-state index in [0.29, 0.717) is 12.5 Å². The van der Waals surface area contributed by atoms with Gasteiger partial charge in [-0.2, -0.15) is 0 Å². The van der Waals surface area contributed by atoms with E-state index in [4.69, 9.17) is 9.72 Å². The second-order valence-electron chi connectivity index (χ2n) is 7.85. The zero-order chi connectivity index (χ0) is 19.3. The third-order valence-electron chi connectivity index (χ3n) is 5.06. The number of benzene rings is 1. The molecule has 1 aromatic carbocycles. The summed E-state index contributed by atoms with van der Waals surface area (Å²) in [6, 6.07) is 8.01. The Morgan fingerprint density at radius 2 is 2.04 bits per heavy atom. The Bertz CT molecular complexity index is 1150. The van der Waals surface area contributed by atoms with Gasteiger partial charge >= 0.3 is 0 Å². The lowest BCUT2D eigenvalue weighted by Crippen LogP contribution is -2.25. The van der Waals surface area contributed by atoms with E-state index in [1.165, 1.54) is 15.8 Å². The van der Waals surface area contributed by atoms with Crippen LogP contribution in [0, 0.1) is 5.92 Å². The van der Waals surface area contributed by atoms with Gasteiger partial charge in [0.1, 0.15) is 16.9 Å². The average molecular weight is 394 g/mol. The van der Waals surface area contributed by atoms with Gasteiger partial charge in [0.2, 0.25) is 0 Å². The number of thiophene rings is 1. The molecular weight excluding hydrogens is 370 g/mol. The van der Waals surface area contributed by atoms with Crippen molar-refractivity contribution in [3.63, 3.8) is 0 Å². The SMILES string of the molecule is CC(C)COc1ccc(-c2nc3c4c5c(sc4ncn3n2)CN(C)CC5)cc1. The van der Waals surface area contributed by atoms with Crippen LogP contribution in [0.4, 0.5) is 0 Å².